The number of H-pyrrole nitrogens is 1. The smallest absolute Gasteiger partial charge is 0.305 e. The van der Waals surface area contributed by atoms with Gasteiger partial charge in [0, 0.05) is 25.5 Å². The Labute approximate surface area is 221 Å². The molecule has 9 heteroatoms. The maximum absolute atomic E-state index is 12.6. The van der Waals surface area contributed by atoms with Gasteiger partial charge in [0.15, 0.2) is 11.2 Å². The molecule has 0 saturated carbocycles. The number of ether oxygens (including phenoxy) is 1. The van der Waals surface area contributed by atoms with E-state index in [1.165, 1.54) is 87.9 Å². The summed E-state index contributed by atoms with van der Waals surface area (Å²) in [5, 5.41) is 9.42. The third-order valence-corrected chi connectivity index (χ3v) is 7.01. The summed E-state index contributed by atoms with van der Waals surface area (Å²) in [6.07, 6.45) is 21.4. The van der Waals surface area contributed by atoms with E-state index in [1.54, 1.807) is 0 Å². The molecule has 0 aromatic carbocycles. The van der Waals surface area contributed by atoms with Crippen LogP contribution in [0.5, 0.6) is 0 Å². The Morgan fingerprint density at radius 3 is 2.14 bits per heavy atom. The van der Waals surface area contributed by atoms with Crippen molar-refractivity contribution in [1.82, 2.24) is 19.5 Å². The number of hydrogen-bond donors (Lipinski definition) is 3. The summed E-state index contributed by atoms with van der Waals surface area (Å²) in [4.78, 5) is 35.8. The van der Waals surface area contributed by atoms with Gasteiger partial charge in [-0.15, -0.1) is 0 Å². The fraction of sp³-hybridized carbons (Fsp3) is 0.786. The highest BCUT2D eigenvalue weighted by molar-refractivity contribution is 5.70. The number of fused-ring (bicyclic) bond motifs is 1. The molecular weight excluding hydrogens is 470 g/mol. The zero-order chi connectivity index (χ0) is 26.7. The Kier molecular flexibility index (Phi) is 15.6. The minimum Gasteiger partial charge on any atom is -0.465 e. The Morgan fingerprint density at radius 1 is 1.00 bits per heavy atom. The van der Waals surface area contributed by atoms with Gasteiger partial charge in [-0.2, -0.15) is 4.98 Å². The molecule has 0 fully saturated rings. The minimum atomic E-state index is -0.351. The standard InChI is InChI=1S/C28H49N5O4/c1-2-3-4-5-6-7-8-9-10-11-12-13-14-15-16-17-24(35)37-21-23(18-19-34)20-33-27(36)25-26(31-22-30-25)32-28(33)29/h22-23,34H,2-21H2,1H3,(H2,29,32)(H,30,31)/t23-/m1/s1. The van der Waals surface area contributed by atoms with Crippen LogP contribution in [0.2, 0.25) is 0 Å². The molecule has 4 N–H and O–H groups in total. The number of esters is 1. The second-order valence-electron chi connectivity index (χ2n) is 10.2. The summed E-state index contributed by atoms with van der Waals surface area (Å²) in [6, 6.07) is 0. The highest BCUT2D eigenvalue weighted by Gasteiger charge is 2.17. The first-order valence-electron chi connectivity index (χ1n) is 14.5. The molecule has 210 valence electrons. The number of rotatable bonds is 22. The SMILES string of the molecule is CCCCCCCCCCCCCCCCCC(=O)OC[C@H](CCO)Cn1c(N)nc2[nH]cnc2c1=O. The number of nitrogens with two attached hydrogens (primary N) is 1. The molecule has 9 nitrogen and oxygen atoms in total. The Morgan fingerprint density at radius 2 is 1.57 bits per heavy atom. The number of aliphatic hydroxyl groups excluding tert-OH is 1. The van der Waals surface area contributed by atoms with Gasteiger partial charge in [0.05, 0.1) is 12.9 Å². The lowest BCUT2D eigenvalue weighted by Gasteiger charge is -2.18. The average molecular weight is 520 g/mol. The van der Waals surface area contributed by atoms with Gasteiger partial charge >= 0.3 is 5.97 Å². The molecule has 0 saturated heterocycles. The van der Waals surface area contributed by atoms with E-state index in [2.05, 4.69) is 21.9 Å². The van der Waals surface area contributed by atoms with Gasteiger partial charge in [0.2, 0.25) is 5.95 Å². The molecule has 2 rings (SSSR count). The van der Waals surface area contributed by atoms with Crippen LogP contribution in [0.1, 0.15) is 116 Å². The van der Waals surface area contributed by atoms with E-state index in [0.29, 0.717) is 18.5 Å². The molecule has 0 aliphatic carbocycles. The molecule has 2 heterocycles. The number of nitrogen functional groups attached to an aromatic ring is 1. The Hall–Kier alpha value is -2.42. The van der Waals surface area contributed by atoms with Crippen molar-refractivity contribution in [1.29, 1.82) is 0 Å². The maximum atomic E-state index is 12.6. The zero-order valence-corrected chi connectivity index (χ0v) is 22.9. The molecule has 0 unspecified atom stereocenters. The molecule has 37 heavy (non-hydrogen) atoms. The first-order valence-corrected chi connectivity index (χ1v) is 14.5. The number of aromatic amines is 1. The molecule has 0 aliphatic rings. The number of aromatic nitrogens is 4. The number of unbranched alkanes of at least 4 members (excludes halogenated alkanes) is 14. The number of anilines is 1. The molecule has 0 spiro atoms. The highest BCUT2D eigenvalue weighted by Crippen LogP contribution is 2.15. The van der Waals surface area contributed by atoms with Crippen molar-refractivity contribution in [2.75, 3.05) is 18.9 Å². The van der Waals surface area contributed by atoms with Crippen LogP contribution in [0.4, 0.5) is 5.95 Å². The molecule has 2 aromatic rings. The van der Waals surface area contributed by atoms with E-state index in [-0.39, 0.29) is 48.7 Å². The van der Waals surface area contributed by atoms with E-state index in [0.717, 1.165) is 19.3 Å². The molecule has 2 aromatic heterocycles. The van der Waals surface area contributed by atoms with Gasteiger partial charge in [-0.25, -0.2) is 4.98 Å². The third kappa shape index (κ3) is 12.1. The van der Waals surface area contributed by atoms with Crippen LogP contribution in [0.25, 0.3) is 11.2 Å². The lowest BCUT2D eigenvalue weighted by Crippen LogP contribution is -2.30. The van der Waals surface area contributed by atoms with Crippen LogP contribution < -0.4 is 11.3 Å². The third-order valence-electron chi connectivity index (χ3n) is 7.01. The zero-order valence-electron chi connectivity index (χ0n) is 22.9. The van der Waals surface area contributed by atoms with Crippen molar-refractivity contribution in [2.24, 2.45) is 5.92 Å². The molecule has 1 atom stereocenters. The van der Waals surface area contributed by atoms with Crippen molar-refractivity contribution in [3.8, 4) is 0 Å². The topological polar surface area (TPSA) is 136 Å². The van der Waals surface area contributed by atoms with E-state index in [1.807, 2.05) is 0 Å². The first kappa shape index (κ1) is 30.8. The lowest BCUT2D eigenvalue weighted by atomic mass is 10.0. The number of aliphatic hydroxyl groups is 1. The number of imidazole rings is 1. The van der Waals surface area contributed by atoms with Crippen LogP contribution in [0.15, 0.2) is 11.1 Å². The lowest BCUT2D eigenvalue weighted by molar-refractivity contribution is -0.145. The largest absolute Gasteiger partial charge is 0.465 e. The van der Waals surface area contributed by atoms with Crippen LogP contribution in [0, 0.1) is 5.92 Å². The first-order chi connectivity index (χ1) is 18.1. The van der Waals surface area contributed by atoms with Gasteiger partial charge in [0.25, 0.3) is 5.56 Å². The van der Waals surface area contributed by atoms with Crippen LogP contribution in [0.3, 0.4) is 0 Å². The molecular formula is C28H49N5O4. The summed E-state index contributed by atoms with van der Waals surface area (Å²) in [6.45, 7) is 2.52. The molecule has 0 bridgehead atoms. The summed E-state index contributed by atoms with van der Waals surface area (Å²) in [5.41, 5.74) is 6.15. The minimum absolute atomic E-state index is 0.0637. The van der Waals surface area contributed by atoms with Crippen molar-refractivity contribution in [2.45, 2.75) is 123 Å². The van der Waals surface area contributed by atoms with Crippen LogP contribution >= 0.6 is 0 Å². The quantitative estimate of drug-likeness (QED) is 0.138. The summed E-state index contributed by atoms with van der Waals surface area (Å²) >= 11 is 0. The van der Waals surface area contributed by atoms with Crippen molar-refractivity contribution in [3.05, 3.63) is 16.7 Å². The van der Waals surface area contributed by atoms with Gasteiger partial charge < -0.3 is 20.6 Å². The molecule has 0 amide bonds. The van der Waals surface area contributed by atoms with Crippen molar-refractivity contribution >= 4 is 23.1 Å². The fourth-order valence-electron chi connectivity index (χ4n) is 4.70. The number of hydrogen-bond acceptors (Lipinski definition) is 7. The van der Waals surface area contributed by atoms with E-state index in [9.17, 15) is 14.7 Å². The van der Waals surface area contributed by atoms with E-state index >= 15 is 0 Å². The second kappa shape index (κ2) is 18.8. The number of carbonyl (C=O) groups excluding carboxylic acids is 1. The Balaban J connectivity index is 1.52. The van der Waals surface area contributed by atoms with E-state index in [4.69, 9.17) is 10.5 Å². The maximum Gasteiger partial charge on any atom is 0.305 e. The van der Waals surface area contributed by atoms with Gasteiger partial charge in [-0.3, -0.25) is 14.2 Å². The predicted octanol–water partition coefficient (Wildman–Crippen LogP) is 5.51. The summed E-state index contributed by atoms with van der Waals surface area (Å²) < 4.78 is 6.78. The highest BCUT2D eigenvalue weighted by atomic mass is 16.5. The molecule has 0 radical (unpaired) electrons. The normalized spacial score (nSPS) is 12.3. The Bertz CT molecular complexity index is 942. The average Bonchev–Trinajstić information content (AvgIpc) is 3.36. The summed E-state index contributed by atoms with van der Waals surface area (Å²) in [5.74, 6) is -0.416. The van der Waals surface area contributed by atoms with Crippen LogP contribution in [-0.2, 0) is 16.1 Å². The van der Waals surface area contributed by atoms with E-state index < -0.39 is 0 Å². The number of nitrogens with zero attached hydrogens (tertiary/aromatic N) is 3. The molecule has 0 aliphatic heterocycles. The van der Waals surface area contributed by atoms with Crippen molar-refractivity contribution < 1.29 is 14.6 Å². The monoisotopic (exact) mass is 519 g/mol. The van der Waals surface area contributed by atoms with Crippen LogP contribution in [-0.4, -0.2) is 43.8 Å². The second-order valence-corrected chi connectivity index (χ2v) is 10.2. The summed E-state index contributed by atoms with van der Waals surface area (Å²) in [7, 11) is 0. The van der Waals surface area contributed by atoms with Gasteiger partial charge in [-0.05, 0) is 12.8 Å². The van der Waals surface area contributed by atoms with Gasteiger partial charge in [0.1, 0.15) is 0 Å². The fourth-order valence-corrected chi connectivity index (χ4v) is 4.70. The number of nitrogens with one attached hydrogen (secondary N) is 1. The predicted molar refractivity (Wildman–Crippen MR) is 148 cm³/mol. The van der Waals surface area contributed by atoms with Crippen molar-refractivity contribution in [3.63, 3.8) is 0 Å². The van der Waals surface area contributed by atoms with Gasteiger partial charge in [-0.1, -0.05) is 96.8 Å². The number of carbonyl (C=O) groups is 1.